The number of hydrazine groups is 1. The molecule has 0 aliphatic rings. The molecule has 0 aromatic heterocycles. The molecule has 1 atom stereocenters. The second kappa shape index (κ2) is 7.82. The Balaban J connectivity index is 3.33. The summed E-state index contributed by atoms with van der Waals surface area (Å²) >= 11 is 0. The van der Waals surface area contributed by atoms with Gasteiger partial charge in [-0.25, -0.2) is 5.84 Å². The van der Waals surface area contributed by atoms with Crippen LogP contribution in [0.15, 0.2) is 0 Å². The van der Waals surface area contributed by atoms with E-state index in [1.165, 1.54) is 0 Å². The fraction of sp³-hybridized carbons (Fsp3) is 0.875. The lowest BCUT2D eigenvalue weighted by Crippen LogP contribution is -2.29. The number of carbonyl (C=O) groups is 1. The minimum atomic E-state index is -3.60. The molecule has 6 nitrogen and oxygen atoms in total. The molecule has 1 amide bonds. The van der Waals surface area contributed by atoms with Crippen molar-refractivity contribution in [3.63, 3.8) is 0 Å². The number of rotatable bonds is 8. The Bertz CT molecular complexity index is 235. The fourth-order valence-corrected chi connectivity index (χ4v) is 1.52. The lowest BCUT2D eigenvalue weighted by Gasteiger charge is -2.21. The summed E-state index contributed by atoms with van der Waals surface area (Å²) in [6.45, 7) is 1.73. The molecule has 0 aliphatic heterocycles. The van der Waals surface area contributed by atoms with Crippen LogP contribution in [0.1, 0.15) is 32.6 Å². The van der Waals surface area contributed by atoms with E-state index in [0.29, 0.717) is 19.3 Å². The number of nitrogens with one attached hydrogen (secondary N) is 1. The molecule has 15 heavy (non-hydrogen) atoms. The predicted octanol–water partition coefficient (Wildman–Crippen LogP) is 0.127. The van der Waals surface area contributed by atoms with Gasteiger partial charge in [-0.05, 0) is 12.8 Å². The van der Waals surface area contributed by atoms with Crippen LogP contribution in [0.5, 0.6) is 0 Å². The maximum absolute atomic E-state index is 10.9. The number of amides is 1. The zero-order valence-electron chi connectivity index (χ0n) is 8.90. The van der Waals surface area contributed by atoms with E-state index in [-0.39, 0.29) is 18.7 Å². The number of carbonyl (C=O) groups excluding carboxylic acids is 1. The van der Waals surface area contributed by atoms with E-state index in [0.717, 1.165) is 6.42 Å². The summed E-state index contributed by atoms with van der Waals surface area (Å²) < 4.78 is 15.6. The second-order valence-corrected chi connectivity index (χ2v) is 5.25. The van der Waals surface area contributed by atoms with Gasteiger partial charge in [0, 0.05) is 12.6 Å². The smallest absolute Gasteiger partial charge is 0.233 e. The highest BCUT2D eigenvalue weighted by atomic mass is 31.2. The van der Waals surface area contributed by atoms with Gasteiger partial charge in [0.2, 0.25) is 5.91 Å². The number of unbranched alkanes of at least 4 members (excludes halogenated alkanes) is 2. The van der Waals surface area contributed by atoms with Gasteiger partial charge >= 0.3 is 0 Å². The van der Waals surface area contributed by atoms with Crippen LogP contribution in [0.2, 0.25) is 0 Å². The van der Waals surface area contributed by atoms with E-state index < -0.39 is 7.60 Å². The second-order valence-electron chi connectivity index (χ2n) is 3.14. The van der Waals surface area contributed by atoms with Gasteiger partial charge in [-0.2, -0.15) is 0 Å². The minimum Gasteiger partial charge on any atom is -0.779 e. The first-order chi connectivity index (χ1) is 7.02. The van der Waals surface area contributed by atoms with E-state index in [9.17, 15) is 14.3 Å². The summed E-state index contributed by atoms with van der Waals surface area (Å²) in [6.07, 6.45) is 2.44. The molecular formula is C8H18N2O4P-. The standard InChI is InChI=1S/C8H19N2O4P/c1-2-15(12,13)14-7-5-3-4-6-8(11)10-9/h2-7,9H2,1H3,(H,10,11)(H,12,13)/p-1. The van der Waals surface area contributed by atoms with Crippen LogP contribution >= 0.6 is 7.60 Å². The van der Waals surface area contributed by atoms with Crippen molar-refractivity contribution in [3.8, 4) is 0 Å². The summed E-state index contributed by atoms with van der Waals surface area (Å²) in [7, 11) is -3.60. The molecule has 90 valence electrons. The third-order valence-electron chi connectivity index (χ3n) is 1.88. The Hall–Kier alpha value is -0.420. The highest BCUT2D eigenvalue weighted by molar-refractivity contribution is 7.51. The first-order valence-corrected chi connectivity index (χ1v) is 6.68. The predicted molar refractivity (Wildman–Crippen MR) is 54.9 cm³/mol. The SMILES string of the molecule is CCP(=O)([O-])OCCCCCC(=O)NN. The monoisotopic (exact) mass is 237 g/mol. The van der Waals surface area contributed by atoms with Crippen LogP contribution in [0, 0.1) is 0 Å². The Kier molecular flexibility index (Phi) is 7.60. The average molecular weight is 237 g/mol. The van der Waals surface area contributed by atoms with E-state index >= 15 is 0 Å². The molecule has 0 heterocycles. The van der Waals surface area contributed by atoms with Gasteiger partial charge in [0.05, 0.1) is 6.61 Å². The number of nitrogens with two attached hydrogens (primary N) is 1. The first-order valence-electron chi connectivity index (χ1n) is 4.96. The van der Waals surface area contributed by atoms with Crippen molar-refractivity contribution < 1.29 is 18.8 Å². The average Bonchev–Trinajstić information content (AvgIpc) is 2.22. The Morgan fingerprint density at radius 3 is 2.67 bits per heavy atom. The lowest BCUT2D eigenvalue weighted by atomic mass is 10.2. The molecule has 0 saturated heterocycles. The van der Waals surface area contributed by atoms with Gasteiger partial charge in [0.15, 0.2) is 0 Å². The Labute approximate surface area is 89.7 Å². The van der Waals surface area contributed by atoms with Crippen LogP contribution in [-0.2, 0) is 13.9 Å². The summed E-state index contributed by atoms with van der Waals surface area (Å²) in [5.74, 6) is 4.68. The van der Waals surface area contributed by atoms with Crippen molar-refractivity contribution in [3.05, 3.63) is 0 Å². The Morgan fingerprint density at radius 1 is 1.47 bits per heavy atom. The van der Waals surface area contributed by atoms with Gasteiger partial charge in [0.25, 0.3) is 0 Å². The molecule has 0 fully saturated rings. The van der Waals surface area contributed by atoms with Crippen molar-refractivity contribution in [2.24, 2.45) is 5.84 Å². The maximum Gasteiger partial charge on any atom is 0.233 e. The summed E-state index contributed by atoms with van der Waals surface area (Å²) in [4.78, 5) is 21.6. The van der Waals surface area contributed by atoms with Crippen LogP contribution in [0.3, 0.4) is 0 Å². The zero-order chi connectivity index (χ0) is 11.7. The molecular weight excluding hydrogens is 219 g/mol. The van der Waals surface area contributed by atoms with Gasteiger partial charge in [0.1, 0.15) is 7.60 Å². The first kappa shape index (κ1) is 14.6. The quantitative estimate of drug-likeness (QED) is 0.205. The largest absolute Gasteiger partial charge is 0.779 e. The van der Waals surface area contributed by atoms with Crippen LogP contribution in [0.4, 0.5) is 0 Å². The fourth-order valence-electron chi connectivity index (χ4n) is 0.931. The van der Waals surface area contributed by atoms with Gasteiger partial charge in [-0.15, -0.1) is 0 Å². The summed E-state index contributed by atoms with van der Waals surface area (Å²) in [6, 6.07) is 0. The normalized spacial score (nSPS) is 14.6. The highest BCUT2D eigenvalue weighted by Gasteiger charge is 2.03. The maximum atomic E-state index is 10.9. The zero-order valence-corrected chi connectivity index (χ0v) is 9.79. The van der Waals surface area contributed by atoms with E-state index in [1.54, 1.807) is 6.92 Å². The van der Waals surface area contributed by atoms with Gasteiger partial charge < -0.3 is 14.0 Å². The van der Waals surface area contributed by atoms with Gasteiger partial charge in [-0.1, -0.05) is 13.3 Å². The van der Waals surface area contributed by atoms with E-state index in [4.69, 9.17) is 5.84 Å². The Morgan fingerprint density at radius 2 is 2.13 bits per heavy atom. The third kappa shape index (κ3) is 8.57. The third-order valence-corrected chi connectivity index (χ3v) is 3.24. The van der Waals surface area contributed by atoms with Crippen LogP contribution < -0.4 is 16.2 Å². The van der Waals surface area contributed by atoms with Crippen molar-refractivity contribution in [1.29, 1.82) is 0 Å². The molecule has 3 N–H and O–H groups in total. The summed E-state index contributed by atoms with van der Waals surface area (Å²) in [5.41, 5.74) is 2.02. The molecule has 0 saturated carbocycles. The molecule has 0 bridgehead atoms. The molecule has 1 unspecified atom stereocenters. The molecule has 0 aromatic rings. The van der Waals surface area contributed by atoms with Crippen molar-refractivity contribution in [1.82, 2.24) is 5.43 Å². The number of hydrogen-bond donors (Lipinski definition) is 2. The summed E-state index contributed by atoms with van der Waals surface area (Å²) in [5, 5.41) is 0. The molecule has 0 aliphatic carbocycles. The van der Waals surface area contributed by atoms with E-state index in [1.807, 2.05) is 5.43 Å². The van der Waals surface area contributed by atoms with E-state index in [2.05, 4.69) is 4.52 Å². The van der Waals surface area contributed by atoms with Crippen molar-refractivity contribution in [2.45, 2.75) is 32.6 Å². The highest BCUT2D eigenvalue weighted by Crippen LogP contribution is 2.35. The molecule has 0 rings (SSSR count). The molecule has 0 radical (unpaired) electrons. The molecule has 0 spiro atoms. The molecule has 7 heteroatoms. The van der Waals surface area contributed by atoms with Crippen molar-refractivity contribution in [2.75, 3.05) is 12.8 Å². The van der Waals surface area contributed by atoms with Crippen molar-refractivity contribution >= 4 is 13.5 Å². The van der Waals surface area contributed by atoms with Crippen LogP contribution in [0.25, 0.3) is 0 Å². The molecule has 0 aromatic carbocycles. The topological polar surface area (TPSA) is 104 Å². The lowest BCUT2D eigenvalue weighted by molar-refractivity contribution is -0.198. The van der Waals surface area contributed by atoms with Gasteiger partial charge in [-0.3, -0.25) is 10.2 Å². The number of hydrogen-bond acceptors (Lipinski definition) is 5. The van der Waals surface area contributed by atoms with Crippen LogP contribution in [-0.4, -0.2) is 18.7 Å². The minimum absolute atomic E-state index is 0.0164.